The summed E-state index contributed by atoms with van der Waals surface area (Å²) >= 11 is 0. The number of rotatable bonds is 7. The van der Waals surface area contributed by atoms with Crippen molar-refractivity contribution in [2.45, 2.75) is 39.3 Å². The van der Waals surface area contributed by atoms with Gasteiger partial charge in [-0.3, -0.25) is 23.7 Å². The molecule has 0 unspecified atom stereocenters. The summed E-state index contributed by atoms with van der Waals surface area (Å²) in [7, 11) is 1.47. The summed E-state index contributed by atoms with van der Waals surface area (Å²) in [6.45, 7) is 3.79. The van der Waals surface area contributed by atoms with Gasteiger partial charge in [-0.05, 0) is 13.8 Å². The zero-order valence-electron chi connectivity index (χ0n) is 21.7. The van der Waals surface area contributed by atoms with Gasteiger partial charge in [-0.25, -0.2) is 24.7 Å². The zero-order chi connectivity index (χ0) is 28.8. The topological polar surface area (TPSA) is 169 Å². The van der Waals surface area contributed by atoms with Crippen LogP contribution in [0.3, 0.4) is 0 Å². The first-order valence-electron chi connectivity index (χ1n) is 11.9. The van der Waals surface area contributed by atoms with Crippen molar-refractivity contribution in [1.82, 2.24) is 43.8 Å². The van der Waals surface area contributed by atoms with Crippen molar-refractivity contribution < 1.29 is 18.1 Å². The molecule has 1 amide bonds. The van der Waals surface area contributed by atoms with E-state index in [1.807, 2.05) is 0 Å². The molecule has 40 heavy (non-hydrogen) atoms. The number of aromatic nitrogens is 9. The van der Waals surface area contributed by atoms with Crippen molar-refractivity contribution in [2.75, 3.05) is 5.32 Å². The van der Waals surface area contributed by atoms with E-state index in [9.17, 15) is 23.2 Å². The van der Waals surface area contributed by atoms with Crippen LogP contribution in [0, 0.1) is 6.92 Å². The Bertz CT molecular complexity index is 1850. The van der Waals surface area contributed by atoms with Gasteiger partial charge in [-0.2, -0.15) is 8.78 Å². The lowest BCUT2D eigenvalue weighted by atomic mass is 10.2. The van der Waals surface area contributed by atoms with Gasteiger partial charge >= 0.3 is 11.6 Å². The minimum Gasteiger partial charge on any atom is -0.361 e. The Morgan fingerprint density at radius 1 is 1.15 bits per heavy atom. The van der Waals surface area contributed by atoms with Crippen LogP contribution in [-0.4, -0.2) is 49.7 Å². The standard InChI is InChI=1S/C24H22F2N10O4/c1-12-5-15(33-40-12)10-35-21(38)18-19(34(4)23(35)39)30-11-36(18)13(2)20(37)32-17-9-27-8-16(31-17)14-6-28-22(29-7-14)24(3,25)26/h5-9,11,13H,10H2,1-4H3,(H,31,32,37)/t13-/m0/s1. The molecule has 0 saturated heterocycles. The number of aryl methyl sites for hydroxylation is 2. The number of hydrogen-bond donors (Lipinski definition) is 1. The summed E-state index contributed by atoms with van der Waals surface area (Å²) < 4.78 is 35.4. The van der Waals surface area contributed by atoms with E-state index in [1.165, 1.54) is 47.3 Å². The van der Waals surface area contributed by atoms with Crippen LogP contribution in [0.2, 0.25) is 0 Å². The fourth-order valence-corrected chi connectivity index (χ4v) is 3.99. The molecule has 0 aliphatic heterocycles. The van der Waals surface area contributed by atoms with Crippen LogP contribution in [0.1, 0.15) is 37.2 Å². The van der Waals surface area contributed by atoms with Crippen molar-refractivity contribution in [3.63, 3.8) is 0 Å². The molecule has 1 N–H and O–H groups in total. The van der Waals surface area contributed by atoms with E-state index in [-0.39, 0.29) is 29.2 Å². The number of imidazole rings is 1. The molecular weight excluding hydrogens is 530 g/mol. The lowest BCUT2D eigenvalue weighted by Crippen LogP contribution is -2.40. The highest BCUT2D eigenvalue weighted by atomic mass is 19.3. The van der Waals surface area contributed by atoms with Crippen LogP contribution < -0.4 is 16.6 Å². The predicted octanol–water partition coefficient (Wildman–Crippen LogP) is 1.80. The summed E-state index contributed by atoms with van der Waals surface area (Å²) in [4.78, 5) is 59.3. The van der Waals surface area contributed by atoms with E-state index in [2.05, 4.69) is 35.4 Å². The number of nitrogens with one attached hydrogen (secondary N) is 1. The number of hydrogen-bond acceptors (Lipinski definition) is 10. The predicted molar refractivity (Wildman–Crippen MR) is 136 cm³/mol. The number of amides is 1. The number of fused-ring (bicyclic) bond motifs is 1. The number of carbonyl (C=O) groups excluding carboxylic acids is 1. The van der Waals surface area contributed by atoms with Gasteiger partial charge in [0.25, 0.3) is 5.56 Å². The molecule has 5 heterocycles. The molecule has 5 aromatic rings. The molecule has 16 heteroatoms. The summed E-state index contributed by atoms with van der Waals surface area (Å²) in [5.74, 6) is -3.80. The van der Waals surface area contributed by atoms with E-state index >= 15 is 0 Å². The zero-order valence-corrected chi connectivity index (χ0v) is 21.7. The van der Waals surface area contributed by atoms with Crippen molar-refractivity contribution in [1.29, 1.82) is 0 Å². The lowest BCUT2D eigenvalue weighted by molar-refractivity contribution is -0.118. The fourth-order valence-electron chi connectivity index (χ4n) is 3.99. The maximum absolute atomic E-state index is 13.4. The Morgan fingerprint density at radius 2 is 1.88 bits per heavy atom. The molecule has 0 saturated carbocycles. The molecule has 5 rings (SSSR count). The van der Waals surface area contributed by atoms with E-state index in [0.717, 1.165) is 4.57 Å². The second-order valence-electron chi connectivity index (χ2n) is 9.12. The summed E-state index contributed by atoms with van der Waals surface area (Å²) in [6, 6.07) is 0.649. The highest BCUT2D eigenvalue weighted by Crippen LogP contribution is 2.24. The molecule has 5 aromatic heterocycles. The molecule has 0 bridgehead atoms. The number of carbonyl (C=O) groups is 1. The number of alkyl halides is 2. The Labute approximate surface area is 223 Å². The quantitative estimate of drug-likeness (QED) is 0.314. The van der Waals surface area contributed by atoms with Crippen LogP contribution in [-0.2, 0) is 24.3 Å². The van der Waals surface area contributed by atoms with Crippen LogP contribution in [0.5, 0.6) is 0 Å². The van der Waals surface area contributed by atoms with Crippen LogP contribution in [0.25, 0.3) is 22.4 Å². The van der Waals surface area contributed by atoms with E-state index in [1.54, 1.807) is 19.9 Å². The van der Waals surface area contributed by atoms with Gasteiger partial charge in [-0.1, -0.05) is 5.16 Å². The summed E-state index contributed by atoms with van der Waals surface area (Å²) in [5, 5.41) is 6.47. The molecule has 0 fully saturated rings. The Morgan fingerprint density at radius 3 is 2.52 bits per heavy atom. The van der Waals surface area contributed by atoms with Gasteiger partial charge in [0.2, 0.25) is 5.91 Å². The molecule has 0 aromatic carbocycles. The fraction of sp³-hybridized carbons (Fsp3) is 0.292. The Kier molecular flexibility index (Phi) is 6.53. The first-order valence-corrected chi connectivity index (χ1v) is 11.9. The average molecular weight is 553 g/mol. The van der Waals surface area contributed by atoms with E-state index in [0.29, 0.717) is 23.9 Å². The largest absolute Gasteiger partial charge is 0.361 e. The smallest absolute Gasteiger partial charge is 0.332 e. The van der Waals surface area contributed by atoms with Crippen molar-refractivity contribution in [3.05, 3.63) is 75.3 Å². The lowest BCUT2D eigenvalue weighted by Gasteiger charge is -2.15. The van der Waals surface area contributed by atoms with Crippen molar-refractivity contribution >= 4 is 22.9 Å². The van der Waals surface area contributed by atoms with Gasteiger partial charge in [0.15, 0.2) is 22.8 Å². The molecule has 1 atom stereocenters. The van der Waals surface area contributed by atoms with E-state index in [4.69, 9.17) is 4.52 Å². The second kappa shape index (κ2) is 9.87. The molecule has 0 radical (unpaired) electrons. The first-order chi connectivity index (χ1) is 18.9. The molecular formula is C24H22F2N10O4. The van der Waals surface area contributed by atoms with Crippen LogP contribution >= 0.6 is 0 Å². The maximum Gasteiger partial charge on any atom is 0.332 e. The van der Waals surface area contributed by atoms with Crippen LogP contribution in [0.4, 0.5) is 14.6 Å². The normalized spacial score (nSPS) is 12.6. The third-order valence-electron chi connectivity index (χ3n) is 6.08. The summed E-state index contributed by atoms with van der Waals surface area (Å²) in [5.41, 5.74) is -0.180. The minimum atomic E-state index is -3.20. The van der Waals surface area contributed by atoms with Gasteiger partial charge in [0, 0.05) is 38.0 Å². The first kappa shape index (κ1) is 26.5. The van der Waals surface area contributed by atoms with Gasteiger partial charge < -0.3 is 14.4 Å². The molecule has 206 valence electrons. The van der Waals surface area contributed by atoms with Crippen LogP contribution in [0.15, 0.2) is 51.3 Å². The van der Waals surface area contributed by atoms with Crippen molar-refractivity contribution in [2.24, 2.45) is 7.05 Å². The van der Waals surface area contributed by atoms with E-state index < -0.39 is 34.9 Å². The second-order valence-corrected chi connectivity index (χ2v) is 9.12. The third kappa shape index (κ3) is 4.85. The molecule has 0 aliphatic rings. The number of anilines is 1. The monoisotopic (exact) mass is 552 g/mol. The Hall–Kier alpha value is -5.15. The molecule has 14 nitrogen and oxygen atoms in total. The number of nitrogens with zero attached hydrogens (tertiary/aromatic N) is 9. The molecule has 0 spiro atoms. The average Bonchev–Trinajstić information content (AvgIpc) is 3.55. The SMILES string of the molecule is Cc1cc(Cn2c(=O)c3c(ncn3[C@@H](C)C(=O)Nc3cncc(-c4cnc(C(C)(F)F)nc4)n3)n(C)c2=O)no1. The minimum absolute atomic E-state index is 0.0368. The third-order valence-corrected chi connectivity index (χ3v) is 6.08. The highest BCUT2D eigenvalue weighted by molar-refractivity contribution is 5.93. The number of halogens is 2. The van der Waals surface area contributed by atoms with Gasteiger partial charge in [-0.15, -0.1) is 0 Å². The van der Waals surface area contributed by atoms with Gasteiger partial charge in [0.05, 0.1) is 31.0 Å². The Balaban J connectivity index is 1.43. The summed E-state index contributed by atoms with van der Waals surface area (Å²) in [6.07, 6.45) is 6.33. The van der Waals surface area contributed by atoms with Crippen molar-refractivity contribution in [3.8, 4) is 11.3 Å². The highest BCUT2D eigenvalue weighted by Gasteiger charge is 2.28. The van der Waals surface area contributed by atoms with Gasteiger partial charge in [0.1, 0.15) is 17.5 Å². The molecule has 0 aliphatic carbocycles. The maximum atomic E-state index is 13.4.